The number of anilines is 1. The lowest BCUT2D eigenvalue weighted by Gasteiger charge is -2.22. The first-order valence-corrected chi connectivity index (χ1v) is 12.6. The molecule has 2 amide bonds. The van der Waals surface area contributed by atoms with Gasteiger partial charge in [-0.3, -0.25) is 19.7 Å². The van der Waals surface area contributed by atoms with Crippen LogP contribution >= 0.6 is 11.8 Å². The van der Waals surface area contributed by atoms with E-state index in [1.807, 2.05) is 44.4 Å². The number of nitrogens with one attached hydrogen (secondary N) is 2. The highest BCUT2D eigenvalue weighted by Crippen LogP contribution is 2.26. The van der Waals surface area contributed by atoms with Gasteiger partial charge < -0.3 is 15.2 Å². The van der Waals surface area contributed by atoms with Crippen LogP contribution in [0.2, 0.25) is 0 Å². The second kappa shape index (κ2) is 11.8. The molecule has 0 spiro atoms. The average Bonchev–Trinajstić information content (AvgIpc) is 3.24. The van der Waals surface area contributed by atoms with Crippen LogP contribution in [0.4, 0.5) is 11.4 Å². The number of aryl methyl sites for hydroxylation is 2. The van der Waals surface area contributed by atoms with Crippen molar-refractivity contribution in [3.8, 4) is 0 Å². The summed E-state index contributed by atoms with van der Waals surface area (Å²) in [4.78, 5) is 36.0. The molecule has 10 nitrogen and oxygen atoms in total. The summed E-state index contributed by atoms with van der Waals surface area (Å²) in [6, 6.07) is 11.5. The van der Waals surface area contributed by atoms with E-state index in [1.165, 1.54) is 17.8 Å². The summed E-state index contributed by atoms with van der Waals surface area (Å²) in [5, 5.41) is 26.1. The van der Waals surface area contributed by atoms with E-state index in [9.17, 15) is 19.7 Å². The van der Waals surface area contributed by atoms with Crippen LogP contribution in [0, 0.1) is 29.9 Å². The molecular formula is C25H30N6O4S. The molecular weight excluding hydrogens is 480 g/mol. The Hall–Kier alpha value is -3.73. The van der Waals surface area contributed by atoms with Crippen LogP contribution in [0.3, 0.4) is 0 Å². The van der Waals surface area contributed by atoms with Gasteiger partial charge in [-0.15, -0.1) is 10.2 Å². The first-order valence-electron chi connectivity index (χ1n) is 11.6. The van der Waals surface area contributed by atoms with Gasteiger partial charge in [0.1, 0.15) is 0 Å². The summed E-state index contributed by atoms with van der Waals surface area (Å²) in [5.41, 5.74) is 2.46. The molecule has 3 aromatic rings. The van der Waals surface area contributed by atoms with Crippen LogP contribution in [0.5, 0.6) is 0 Å². The number of hydrogen-bond acceptors (Lipinski definition) is 7. The summed E-state index contributed by atoms with van der Waals surface area (Å²) in [6.45, 7) is 10.1. The van der Waals surface area contributed by atoms with Gasteiger partial charge >= 0.3 is 0 Å². The second-order valence-corrected chi connectivity index (χ2v) is 9.68. The smallest absolute Gasteiger partial charge is 0.274 e. The van der Waals surface area contributed by atoms with Crippen molar-refractivity contribution in [3.05, 3.63) is 75.1 Å². The Morgan fingerprint density at radius 1 is 1.11 bits per heavy atom. The Balaban J connectivity index is 1.70. The minimum Gasteiger partial charge on any atom is -0.342 e. The molecule has 1 heterocycles. The number of amides is 2. The molecule has 0 bridgehead atoms. The quantitative estimate of drug-likeness (QED) is 0.230. The predicted octanol–water partition coefficient (Wildman–Crippen LogP) is 4.68. The first-order chi connectivity index (χ1) is 17.1. The first kappa shape index (κ1) is 26.9. The molecule has 3 rings (SSSR count). The highest BCUT2D eigenvalue weighted by molar-refractivity contribution is 7.99. The summed E-state index contributed by atoms with van der Waals surface area (Å²) < 4.78 is 1.88. The van der Waals surface area contributed by atoms with Gasteiger partial charge in [-0.1, -0.05) is 49.4 Å². The fourth-order valence-corrected chi connectivity index (χ4v) is 4.41. The number of benzene rings is 2. The lowest BCUT2D eigenvalue weighted by Crippen LogP contribution is -2.33. The lowest BCUT2D eigenvalue weighted by molar-refractivity contribution is -0.385. The zero-order chi connectivity index (χ0) is 26.4. The minimum atomic E-state index is -0.478. The number of carbonyl (C=O) groups is 2. The highest BCUT2D eigenvalue weighted by atomic mass is 32.2. The monoisotopic (exact) mass is 510 g/mol. The molecule has 0 unspecified atom stereocenters. The Kier molecular flexibility index (Phi) is 8.81. The maximum atomic E-state index is 12.9. The number of nitro benzene ring substituents is 1. The van der Waals surface area contributed by atoms with E-state index in [4.69, 9.17) is 0 Å². The predicted molar refractivity (Wildman–Crippen MR) is 139 cm³/mol. The van der Waals surface area contributed by atoms with Gasteiger partial charge in [-0.25, -0.2) is 0 Å². The third-order valence-electron chi connectivity index (χ3n) is 5.63. The van der Waals surface area contributed by atoms with Crippen molar-refractivity contribution in [2.75, 3.05) is 11.1 Å². The number of hydrogen-bond donors (Lipinski definition) is 2. The van der Waals surface area contributed by atoms with E-state index in [0.717, 1.165) is 5.56 Å². The number of nitro groups is 1. The highest BCUT2D eigenvalue weighted by Gasteiger charge is 2.26. The number of thioether (sulfide) groups is 1. The van der Waals surface area contributed by atoms with Crippen molar-refractivity contribution in [3.63, 3.8) is 0 Å². The largest absolute Gasteiger partial charge is 0.342 e. The van der Waals surface area contributed by atoms with Crippen molar-refractivity contribution < 1.29 is 14.5 Å². The Labute approximate surface area is 214 Å². The summed E-state index contributed by atoms with van der Waals surface area (Å²) in [5.74, 6) is 0.193. The molecule has 190 valence electrons. The van der Waals surface area contributed by atoms with Crippen LogP contribution in [-0.4, -0.2) is 37.3 Å². The van der Waals surface area contributed by atoms with Gasteiger partial charge in [0.2, 0.25) is 5.91 Å². The van der Waals surface area contributed by atoms with Crippen molar-refractivity contribution in [2.24, 2.45) is 5.92 Å². The Morgan fingerprint density at radius 3 is 2.42 bits per heavy atom. The zero-order valence-electron chi connectivity index (χ0n) is 20.9. The third kappa shape index (κ3) is 6.48. The summed E-state index contributed by atoms with van der Waals surface area (Å²) in [6.07, 6.45) is 0. The molecule has 0 aliphatic carbocycles. The van der Waals surface area contributed by atoms with Crippen LogP contribution in [0.1, 0.15) is 54.1 Å². The molecule has 2 aromatic carbocycles. The normalized spacial score (nSPS) is 11.8. The summed E-state index contributed by atoms with van der Waals surface area (Å²) in [7, 11) is 0. The molecule has 1 atom stereocenters. The van der Waals surface area contributed by atoms with Gasteiger partial charge in [0.05, 0.1) is 16.7 Å². The maximum Gasteiger partial charge on any atom is 0.274 e. The van der Waals surface area contributed by atoms with Crippen molar-refractivity contribution in [1.29, 1.82) is 0 Å². The average molecular weight is 511 g/mol. The van der Waals surface area contributed by atoms with Gasteiger partial charge in [0.15, 0.2) is 11.0 Å². The van der Waals surface area contributed by atoms with Crippen LogP contribution in [0.25, 0.3) is 0 Å². The molecule has 2 N–H and O–H groups in total. The topological polar surface area (TPSA) is 132 Å². The molecule has 0 saturated carbocycles. The second-order valence-electron chi connectivity index (χ2n) is 8.74. The van der Waals surface area contributed by atoms with Gasteiger partial charge in [-0.2, -0.15) is 0 Å². The molecule has 0 radical (unpaired) electrons. The molecule has 0 aliphatic rings. The molecule has 0 aliphatic heterocycles. The third-order valence-corrected chi connectivity index (χ3v) is 6.60. The number of rotatable bonds is 10. The number of nitrogens with zero attached hydrogens (tertiary/aromatic N) is 4. The Morgan fingerprint density at radius 2 is 1.81 bits per heavy atom. The van der Waals surface area contributed by atoms with Crippen molar-refractivity contribution in [1.82, 2.24) is 20.1 Å². The number of carbonyl (C=O) groups excluding carboxylic acids is 2. The fraction of sp³-hybridized carbons (Fsp3) is 0.360. The van der Waals surface area contributed by atoms with Crippen LogP contribution in [0.15, 0.2) is 47.6 Å². The molecule has 0 saturated heterocycles. The molecule has 11 heteroatoms. The molecule has 1 aromatic heterocycles. The van der Waals surface area contributed by atoms with Crippen LogP contribution < -0.4 is 10.6 Å². The zero-order valence-corrected chi connectivity index (χ0v) is 21.8. The van der Waals surface area contributed by atoms with Crippen molar-refractivity contribution in [2.45, 2.75) is 52.4 Å². The molecule has 0 fully saturated rings. The van der Waals surface area contributed by atoms with E-state index in [1.54, 1.807) is 31.2 Å². The van der Waals surface area contributed by atoms with E-state index < -0.39 is 4.92 Å². The van der Waals surface area contributed by atoms with Gasteiger partial charge in [-0.05, 0) is 44.9 Å². The SMILES string of the molecule is CCn1c(SCC(=O)Nc2ccc(C)c([N+](=O)[O-])c2)nnc1[C@@H](NC(=O)c1ccc(C)cc1)C(C)C. The van der Waals surface area contributed by atoms with E-state index in [0.29, 0.717) is 34.3 Å². The van der Waals surface area contributed by atoms with E-state index in [2.05, 4.69) is 20.8 Å². The van der Waals surface area contributed by atoms with Crippen LogP contribution in [-0.2, 0) is 11.3 Å². The maximum absolute atomic E-state index is 12.9. The Bertz CT molecular complexity index is 1260. The van der Waals surface area contributed by atoms with E-state index >= 15 is 0 Å². The van der Waals surface area contributed by atoms with Gasteiger partial charge in [0, 0.05) is 29.4 Å². The van der Waals surface area contributed by atoms with E-state index in [-0.39, 0.29) is 35.2 Å². The summed E-state index contributed by atoms with van der Waals surface area (Å²) >= 11 is 1.21. The molecule has 36 heavy (non-hydrogen) atoms. The number of aromatic nitrogens is 3. The minimum absolute atomic E-state index is 0.0435. The fourth-order valence-electron chi connectivity index (χ4n) is 3.60. The standard InChI is InChI=1S/C25H30N6O4S/c1-6-30-23(22(15(2)3)27-24(33)18-10-7-16(4)8-11-18)28-29-25(30)36-14-21(32)26-19-12-9-17(5)20(13-19)31(34)35/h7-13,15,22H,6,14H2,1-5H3,(H,26,32)(H,27,33)/t22-/m0/s1. The van der Waals surface area contributed by atoms with Gasteiger partial charge in [0.25, 0.3) is 11.6 Å². The van der Waals surface area contributed by atoms with Crippen molar-refractivity contribution >= 4 is 35.0 Å². The lowest BCUT2D eigenvalue weighted by atomic mass is 10.0.